The molecule has 7 heteroatoms. The van der Waals surface area contributed by atoms with Crippen molar-refractivity contribution in [2.24, 2.45) is 0 Å². The molecule has 0 saturated heterocycles. The van der Waals surface area contributed by atoms with Gasteiger partial charge in [0.15, 0.2) is 6.61 Å². The van der Waals surface area contributed by atoms with Crippen LogP contribution in [0.2, 0.25) is 0 Å². The fraction of sp³-hybridized carbons (Fsp3) is 0.238. The molecule has 28 heavy (non-hydrogen) atoms. The summed E-state index contributed by atoms with van der Waals surface area (Å²) in [6.07, 6.45) is 0. The first kappa shape index (κ1) is 19.8. The van der Waals surface area contributed by atoms with E-state index in [4.69, 9.17) is 4.74 Å². The van der Waals surface area contributed by atoms with E-state index in [0.29, 0.717) is 11.1 Å². The second-order valence-corrected chi connectivity index (χ2v) is 7.44. The summed E-state index contributed by atoms with van der Waals surface area (Å²) >= 11 is 1.44. The number of rotatable bonds is 6. The summed E-state index contributed by atoms with van der Waals surface area (Å²) in [6, 6.07) is 11.7. The SMILES string of the molecule is Cc1ccc(C)n1-c1sccc1C(=O)OCC(=O)N(C)Cc1cccc(F)c1. The lowest BCUT2D eigenvalue weighted by atomic mass is 10.2. The smallest absolute Gasteiger partial charge is 0.341 e. The van der Waals surface area contributed by atoms with Crippen LogP contribution in [0.1, 0.15) is 27.3 Å². The van der Waals surface area contributed by atoms with Crippen LogP contribution in [0.4, 0.5) is 4.39 Å². The maximum absolute atomic E-state index is 13.3. The zero-order chi connectivity index (χ0) is 20.3. The number of benzene rings is 1. The van der Waals surface area contributed by atoms with Crippen molar-refractivity contribution in [3.8, 4) is 5.00 Å². The molecule has 3 rings (SSSR count). The summed E-state index contributed by atoms with van der Waals surface area (Å²) in [6.45, 7) is 3.79. The minimum atomic E-state index is -0.545. The number of carbonyl (C=O) groups excluding carboxylic acids is 2. The summed E-state index contributed by atoms with van der Waals surface area (Å²) in [5.74, 6) is -1.26. The Kier molecular flexibility index (Phi) is 5.94. The number of halogens is 1. The molecule has 0 bridgehead atoms. The minimum absolute atomic E-state index is 0.236. The zero-order valence-corrected chi connectivity index (χ0v) is 16.8. The molecule has 146 valence electrons. The van der Waals surface area contributed by atoms with Gasteiger partial charge in [0.05, 0.1) is 5.56 Å². The van der Waals surface area contributed by atoms with Crippen LogP contribution >= 0.6 is 11.3 Å². The number of aromatic nitrogens is 1. The Bertz CT molecular complexity index is 989. The first-order valence-corrected chi connectivity index (χ1v) is 9.63. The molecule has 0 aliphatic carbocycles. The van der Waals surface area contributed by atoms with Gasteiger partial charge in [-0.2, -0.15) is 0 Å². The molecule has 0 N–H and O–H groups in total. The molecule has 1 amide bonds. The first-order chi connectivity index (χ1) is 13.4. The Morgan fingerprint density at radius 3 is 2.54 bits per heavy atom. The van der Waals surface area contributed by atoms with Crippen LogP contribution in [0.3, 0.4) is 0 Å². The number of nitrogens with zero attached hydrogens (tertiary/aromatic N) is 2. The van der Waals surface area contributed by atoms with Gasteiger partial charge >= 0.3 is 5.97 Å². The number of thiophene rings is 1. The molecule has 0 aliphatic heterocycles. The van der Waals surface area contributed by atoms with E-state index in [-0.39, 0.29) is 24.9 Å². The van der Waals surface area contributed by atoms with Crippen LogP contribution in [-0.4, -0.2) is 35.0 Å². The minimum Gasteiger partial charge on any atom is -0.452 e. The predicted octanol–water partition coefficient (Wildman–Crippen LogP) is 4.11. The van der Waals surface area contributed by atoms with Crippen molar-refractivity contribution in [1.29, 1.82) is 0 Å². The van der Waals surface area contributed by atoms with E-state index in [0.717, 1.165) is 16.4 Å². The van der Waals surface area contributed by atoms with Gasteiger partial charge in [0.25, 0.3) is 5.91 Å². The van der Waals surface area contributed by atoms with Gasteiger partial charge < -0.3 is 14.2 Å². The number of carbonyl (C=O) groups is 2. The highest BCUT2D eigenvalue weighted by molar-refractivity contribution is 7.13. The van der Waals surface area contributed by atoms with Crippen molar-refractivity contribution in [3.63, 3.8) is 0 Å². The van der Waals surface area contributed by atoms with Crippen molar-refractivity contribution in [2.75, 3.05) is 13.7 Å². The lowest BCUT2D eigenvalue weighted by Crippen LogP contribution is -2.30. The van der Waals surface area contributed by atoms with Crippen molar-refractivity contribution in [3.05, 3.63) is 76.2 Å². The highest BCUT2D eigenvalue weighted by Gasteiger charge is 2.20. The molecule has 0 saturated carbocycles. The molecule has 0 spiro atoms. The van der Waals surface area contributed by atoms with Gasteiger partial charge in [0.2, 0.25) is 0 Å². The Balaban J connectivity index is 1.63. The average Bonchev–Trinajstić information content (AvgIpc) is 3.25. The Labute approximate surface area is 167 Å². The molecule has 0 fully saturated rings. The largest absolute Gasteiger partial charge is 0.452 e. The predicted molar refractivity (Wildman–Crippen MR) is 106 cm³/mol. The van der Waals surface area contributed by atoms with E-state index in [1.165, 1.54) is 28.4 Å². The Morgan fingerprint density at radius 2 is 1.86 bits per heavy atom. The van der Waals surface area contributed by atoms with Gasteiger partial charge in [-0.1, -0.05) is 12.1 Å². The summed E-state index contributed by atoms with van der Waals surface area (Å²) in [7, 11) is 1.59. The fourth-order valence-electron chi connectivity index (χ4n) is 2.93. The third-order valence-electron chi connectivity index (χ3n) is 4.40. The summed E-state index contributed by atoms with van der Waals surface area (Å²) < 4.78 is 20.5. The molecule has 2 aromatic heterocycles. The summed E-state index contributed by atoms with van der Waals surface area (Å²) in [5, 5.41) is 2.59. The first-order valence-electron chi connectivity index (χ1n) is 8.75. The Morgan fingerprint density at radius 1 is 1.14 bits per heavy atom. The molecule has 2 heterocycles. The van der Waals surface area contributed by atoms with Gasteiger partial charge in [-0.15, -0.1) is 11.3 Å². The van der Waals surface area contributed by atoms with E-state index < -0.39 is 5.97 Å². The molecule has 5 nitrogen and oxygen atoms in total. The molecule has 0 aliphatic rings. The van der Waals surface area contributed by atoms with Crippen LogP contribution in [0, 0.1) is 19.7 Å². The maximum atomic E-state index is 13.3. The average molecular weight is 400 g/mol. The van der Waals surface area contributed by atoms with Gasteiger partial charge in [-0.25, -0.2) is 9.18 Å². The van der Waals surface area contributed by atoms with Crippen molar-refractivity contribution in [2.45, 2.75) is 20.4 Å². The van der Waals surface area contributed by atoms with Gasteiger partial charge in [0, 0.05) is 25.0 Å². The Hall–Kier alpha value is -2.93. The highest BCUT2D eigenvalue weighted by atomic mass is 32.1. The highest BCUT2D eigenvalue weighted by Crippen LogP contribution is 2.26. The third-order valence-corrected chi connectivity index (χ3v) is 5.30. The second-order valence-electron chi connectivity index (χ2n) is 6.55. The van der Waals surface area contributed by atoms with Crippen LogP contribution in [0.5, 0.6) is 0 Å². The van der Waals surface area contributed by atoms with E-state index >= 15 is 0 Å². The van der Waals surface area contributed by atoms with Gasteiger partial charge in [-0.05, 0) is 55.1 Å². The lowest BCUT2D eigenvalue weighted by molar-refractivity contribution is -0.133. The van der Waals surface area contributed by atoms with E-state index in [9.17, 15) is 14.0 Å². The lowest BCUT2D eigenvalue weighted by Gasteiger charge is -2.17. The number of esters is 1. The van der Waals surface area contributed by atoms with Crippen molar-refractivity contribution in [1.82, 2.24) is 9.47 Å². The molecule has 1 aromatic carbocycles. The summed E-state index contributed by atoms with van der Waals surface area (Å²) in [4.78, 5) is 26.2. The van der Waals surface area contributed by atoms with Gasteiger partial charge in [0.1, 0.15) is 10.8 Å². The topological polar surface area (TPSA) is 51.5 Å². The molecule has 0 unspecified atom stereocenters. The monoisotopic (exact) mass is 400 g/mol. The van der Waals surface area contributed by atoms with Crippen LogP contribution in [0.25, 0.3) is 5.00 Å². The van der Waals surface area contributed by atoms with Crippen LogP contribution in [0.15, 0.2) is 47.8 Å². The van der Waals surface area contributed by atoms with E-state index in [1.54, 1.807) is 25.2 Å². The number of amides is 1. The number of likely N-dealkylation sites (N-methyl/N-ethyl adjacent to an activating group) is 1. The molecular weight excluding hydrogens is 379 g/mol. The number of hydrogen-bond donors (Lipinski definition) is 0. The van der Waals surface area contributed by atoms with E-state index in [2.05, 4.69) is 0 Å². The second kappa shape index (κ2) is 8.39. The number of hydrogen-bond acceptors (Lipinski definition) is 4. The van der Waals surface area contributed by atoms with Crippen LogP contribution in [-0.2, 0) is 16.1 Å². The number of ether oxygens (including phenoxy) is 1. The number of aryl methyl sites for hydroxylation is 2. The van der Waals surface area contributed by atoms with Crippen LogP contribution < -0.4 is 0 Å². The maximum Gasteiger partial charge on any atom is 0.341 e. The normalized spacial score (nSPS) is 10.7. The molecule has 0 atom stereocenters. The van der Waals surface area contributed by atoms with Crippen molar-refractivity contribution < 1.29 is 18.7 Å². The zero-order valence-electron chi connectivity index (χ0n) is 15.9. The third kappa shape index (κ3) is 4.31. The molecule has 0 radical (unpaired) electrons. The molecule has 3 aromatic rings. The molecular formula is C21H21FN2O3S. The van der Waals surface area contributed by atoms with Crippen molar-refractivity contribution >= 4 is 23.2 Å². The summed E-state index contributed by atoms with van der Waals surface area (Å²) in [5.41, 5.74) is 3.12. The van der Waals surface area contributed by atoms with Gasteiger partial charge in [-0.3, -0.25) is 4.79 Å². The van der Waals surface area contributed by atoms with E-state index in [1.807, 2.05) is 35.9 Å². The fourth-order valence-corrected chi connectivity index (χ4v) is 3.94. The standard InChI is InChI=1S/C21H21FN2O3S/c1-14-7-8-15(2)24(14)20-18(9-10-28-20)21(26)27-13-19(25)23(3)12-16-5-4-6-17(22)11-16/h4-11H,12-13H2,1-3H3. The quantitative estimate of drug-likeness (QED) is 0.585.